The van der Waals surface area contributed by atoms with Gasteiger partial charge in [0.25, 0.3) is 0 Å². The molecular formula is C32H32N4O2. The predicted octanol–water partition coefficient (Wildman–Crippen LogP) is 7.44. The Bertz CT molecular complexity index is 1590. The van der Waals surface area contributed by atoms with Gasteiger partial charge in [0.2, 0.25) is 0 Å². The van der Waals surface area contributed by atoms with Crippen LogP contribution in [0.15, 0.2) is 79.1 Å². The number of fused-ring (bicyclic) bond motifs is 1. The van der Waals surface area contributed by atoms with Crippen LogP contribution in [0.4, 0.5) is 0 Å². The van der Waals surface area contributed by atoms with E-state index in [0.717, 1.165) is 45.2 Å². The molecule has 0 saturated carbocycles. The van der Waals surface area contributed by atoms with Gasteiger partial charge in [-0.1, -0.05) is 24.3 Å². The van der Waals surface area contributed by atoms with E-state index >= 15 is 0 Å². The average molecular weight is 505 g/mol. The van der Waals surface area contributed by atoms with E-state index in [4.69, 9.17) is 14.6 Å². The summed E-state index contributed by atoms with van der Waals surface area (Å²) in [6.07, 6.45) is 12.0. The van der Waals surface area contributed by atoms with Gasteiger partial charge in [-0.05, 0) is 92.4 Å². The molecule has 0 atom stereocenters. The molecule has 0 bridgehead atoms. The molecule has 0 aliphatic rings. The Kier molecular flexibility index (Phi) is 7.13. The van der Waals surface area contributed by atoms with E-state index in [0.29, 0.717) is 6.61 Å². The third-order valence-electron chi connectivity index (χ3n) is 6.17. The molecule has 6 nitrogen and oxygen atoms in total. The molecule has 6 heteroatoms. The predicted molar refractivity (Wildman–Crippen MR) is 155 cm³/mol. The average Bonchev–Trinajstić information content (AvgIpc) is 3.57. The second-order valence-electron chi connectivity index (χ2n) is 10.1. The fourth-order valence-electron chi connectivity index (χ4n) is 4.24. The minimum absolute atomic E-state index is 0.178. The van der Waals surface area contributed by atoms with Gasteiger partial charge in [-0.25, -0.2) is 0 Å². The molecule has 1 N–H and O–H groups in total. The number of nitrogens with one attached hydrogen (secondary N) is 1. The molecule has 3 aromatic heterocycles. The van der Waals surface area contributed by atoms with Crippen LogP contribution in [0.2, 0.25) is 0 Å². The number of methoxy groups -OCH3 is 1. The molecule has 0 saturated heterocycles. The summed E-state index contributed by atoms with van der Waals surface area (Å²) in [5.74, 6) is 1.47. The maximum absolute atomic E-state index is 5.91. The van der Waals surface area contributed by atoms with E-state index < -0.39 is 0 Å². The van der Waals surface area contributed by atoms with Gasteiger partial charge in [0, 0.05) is 29.5 Å². The molecule has 0 spiro atoms. The van der Waals surface area contributed by atoms with Crippen molar-refractivity contribution in [2.24, 2.45) is 0 Å². The van der Waals surface area contributed by atoms with Gasteiger partial charge >= 0.3 is 0 Å². The number of hydrogen-bond acceptors (Lipinski definition) is 4. The van der Waals surface area contributed by atoms with Crippen molar-refractivity contribution < 1.29 is 9.47 Å². The largest absolute Gasteiger partial charge is 0.496 e. The smallest absolute Gasteiger partial charge is 0.130 e. The van der Waals surface area contributed by atoms with Crippen LogP contribution in [-0.4, -0.2) is 26.9 Å². The van der Waals surface area contributed by atoms with E-state index in [2.05, 4.69) is 79.3 Å². The zero-order valence-corrected chi connectivity index (χ0v) is 22.2. The summed E-state index contributed by atoms with van der Waals surface area (Å²) in [6.45, 7) is 6.86. The maximum atomic E-state index is 5.91. The molecule has 192 valence electrons. The van der Waals surface area contributed by atoms with Crippen molar-refractivity contribution >= 4 is 35.2 Å². The summed E-state index contributed by atoms with van der Waals surface area (Å²) in [6, 6.07) is 22.2. The second kappa shape index (κ2) is 10.8. The van der Waals surface area contributed by atoms with Gasteiger partial charge in [-0.3, -0.25) is 9.67 Å². The topological polar surface area (TPSA) is 65.0 Å². The van der Waals surface area contributed by atoms with Crippen LogP contribution in [0, 0.1) is 0 Å². The summed E-state index contributed by atoms with van der Waals surface area (Å²) in [5.41, 5.74) is 5.81. The Morgan fingerprint density at radius 3 is 2.61 bits per heavy atom. The highest BCUT2D eigenvalue weighted by Gasteiger charge is 2.18. The Morgan fingerprint density at radius 1 is 0.921 bits per heavy atom. The van der Waals surface area contributed by atoms with Crippen LogP contribution in [0.3, 0.4) is 0 Å². The first-order chi connectivity index (χ1) is 18.4. The lowest BCUT2D eigenvalue weighted by Gasteiger charge is -2.21. The number of hydrogen-bond donors (Lipinski definition) is 1. The summed E-state index contributed by atoms with van der Waals surface area (Å²) >= 11 is 0. The quantitative estimate of drug-likeness (QED) is 0.238. The van der Waals surface area contributed by atoms with E-state index in [9.17, 15) is 0 Å². The summed E-state index contributed by atoms with van der Waals surface area (Å²) in [7, 11) is 1.67. The third-order valence-corrected chi connectivity index (χ3v) is 6.17. The zero-order valence-electron chi connectivity index (χ0n) is 22.2. The Morgan fingerprint density at radius 2 is 1.82 bits per heavy atom. The summed E-state index contributed by atoms with van der Waals surface area (Å²) in [4.78, 5) is 7.57. The molecule has 0 amide bonds. The highest BCUT2D eigenvalue weighted by atomic mass is 16.5. The molecule has 5 rings (SSSR count). The fraction of sp³-hybridized carbons (Fsp3) is 0.188. The van der Waals surface area contributed by atoms with Crippen LogP contribution >= 0.6 is 0 Å². The highest BCUT2D eigenvalue weighted by Crippen LogP contribution is 2.28. The van der Waals surface area contributed by atoms with Gasteiger partial charge < -0.3 is 14.5 Å². The standard InChI is InChI=1S/C32H32N4O2/c1-32(2,3)36-28(20-26(35-36)13-9-23-8-10-24-16-18-34-30(24)19-23)14-11-25-12-15-29(21-31(25)37-4)38-22-27-7-5-6-17-33-27/h5-21,34H,22H2,1-4H3/b13-9+,14-11+. The monoisotopic (exact) mass is 504 g/mol. The highest BCUT2D eigenvalue weighted by molar-refractivity contribution is 5.83. The molecule has 0 aliphatic carbocycles. The van der Waals surface area contributed by atoms with Crippen LogP contribution in [0.5, 0.6) is 11.5 Å². The number of nitrogens with zero attached hydrogens (tertiary/aromatic N) is 3. The molecule has 0 radical (unpaired) electrons. The van der Waals surface area contributed by atoms with Crippen LogP contribution in [0.1, 0.15) is 49.0 Å². The Hall–Kier alpha value is -4.58. The molecule has 0 aliphatic heterocycles. The number of benzene rings is 2. The first kappa shape index (κ1) is 25.1. The van der Waals surface area contributed by atoms with Gasteiger partial charge in [0.05, 0.1) is 29.7 Å². The van der Waals surface area contributed by atoms with Crippen molar-refractivity contribution in [3.05, 3.63) is 107 Å². The zero-order chi connectivity index (χ0) is 26.5. The number of aromatic amines is 1. The lowest BCUT2D eigenvalue weighted by molar-refractivity contribution is 0.299. The number of ether oxygens (including phenoxy) is 2. The maximum Gasteiger partial charge on any atom is 0.130 e. The molecule has 0 fully saturated rings. The molecule has 2 aromatic carbocycles. The Balaban J connectivity index is 1.36. The molecular weight excluding hydrogens is 472 g/mol. The normalized spacial score (nSPS) is 12.1. The van der Waals surface area contributed by atoms with Crippen molar-refractivity contribution in [1.82, 2.24) is 19.7 Å². The lowest BCUT2D eigenvalue weighted by atomic mass is 10.1. The minimum atomic E-state index is -0.178. The third kappa shape index (κ3) is 5.86. The van der Waals surface area contributed by atoms with Gasteiger partial charge in [-0.15, -0.1) is 0 Å². The lowest BCUT2D eigenvalue weighted by Crippen LogP contribution is -2.24. The van der Waals surface area contributed by atoms with Gasteiger partial charge in [-0.2, -0.15) is 5.10 Å². The van der Waals surface area contributed by atoms with Crippen molar-refractivity contribution in [2.75, 3.05) is 7.11 Å². The van der Waals surface area contributed by atoms with Crippen LogP contribution in [-0.2, 0) is 12.1 Å². The van der Waals surface area contributed by atoms with Gasteiger partial charge in [0.15, 0.2) is 0 Å². The first-order valence-corrected chi connectivity index (χ1v) is 12.6. The van der Waals surface area contributed by atoms with Crippen LogP contribution < -0.4 is 9.47 Å². The number of pyridine rings is 1. The molecule has 5 aromatic rings. The van der Waals surface area contributed by atoms with E-state index in [-0.39, 0.29) is 5.54 Å². The van der Waals surface area contributed by atoms with Crippen molar-refractivity contribution in [3.8, 4) is 11.5 Å². The molecule has 0 unspecified atom stereocenters. The van der Waals surface area contributed by atoms with Crippen molar-refractivity contribution in [3.63, 3.8) is 0 Å². The van der Waals surface area contributed by atoms with Crippen molar-refractivity contribution in [2.45, 2.75) is 32.9 Å². The van der Waals surface area contributed by atoms with E-state index in [1.165, 1.54) is 5.39 Å². The molecule has 38 heavy (non-hydrogen) atoms. The first-order valence-electron chi connectivity index (χ1n) is 12.6. The minimum Gasteiger partial charge on any atom is -0.496 e. The van der Waals surface area contributed by atoms with E-state index in [1.54, 1.807) is 13.3 Å². The summed E-state index contributed by atoms with van der Waals surface area (Å²) < 4.78 is 13.6. The van der Waals surface area contributed by atoms with Gasteiger partial charge in [0.1, 0.15) is 18.1 Å². The second-order valence-corrected chi connectivity index (χ2v) is 10.1. The fourth-order valence-corrected chi connectivity index (χ4v) is 4.24. The Labute approximate surface area is 223 Å². The van der Waals surface area contributed by atoms with E-state index in [1.807, 2.05) is 53.4 Å². The number of rotatable bonds is 8. The molecule has 3 heterocycles. The summed E-state index contributed by atoms with van der Waals surface area (Å²) in [5, 5.41) is 6.09. The van der Waals surface area contributed by atoms with Crippen LogP contribution in [0.25, 0.3) is 35.2 Å². The van der Waals surface area contributed by atoms with Crippen molar-refractivity contribution in [1.29, 1.82) is 0 Å². The SMILES string of the molecule is COc1cc(OCc2ccccn2)ccc1/C=C/c1cc(/C=C/c2ccc3cc[nH]c3c2)nn1C(C)(C)C. The number of H-pyrrole nitrogens is 1. The number of aromatic nitrogens is 4.